The monoisotopic (exact) mass is 358 g/mol. The Hall–Kier alpha value is -3.00. The number of hydrogen-bond acceptors (Lipinski definition) is 6. The van der Waals surface area contributed by atoms with E-state index < -0.39 is 0 Å². The number of hydrogen-bond donors (Lipinski definition) is 2. The highest BCUT2D eigenvalue weighted by atomic mass is 32.1. The number of rotatable bonds is 7. The van der Waals surface area contributed by atoms with Crippen LogP contribution < -0.4 is 15.4 Å². The van der Waals surface area contributed by atoms with Gasteiger partial charge in [0.2, 0.25) is 0 Å². The zero-order valence-corrected chi connectivity index (χ0v) is 13.9. The normalized spacial score (nSPS) is 10.3. The standard InChI is InChI=1S/C17H15FN4O2S/c18-12-3-5-14(6-4-12)24-9-8-20-16(23)15-11-25-17(22-15)21-13-2-1-7-19-10-13/h1-7,10-11H,8-9H2,(H,20,23)(H,21,22). The predicted molar refractivity (Wildman–Crippen MR) is 93.9 cm³/mol. The number of amides is 1. The molecule has 128 valence electrons. The molecule has 0 spiro atoms. The molecule has 0 radical (unpaired) electrons. The fourth-order valence-electron chi connectivity index (χ4n) is 1.95. The third-order valence-corrected chi connectivity index (χ3v) is 3.88. The number of pyridine rings is 1. The van der Waals surface area contributed by atoms with Crippen LogP contribution in [0.4, 0.5) is 15.2 Å². The Labute approximate surface area is 147 Å². The SMILES string of the molecule is O=C(NCCOc1ccc(F)cc1)c1csc(Nc2cccnc2)n1. The van der Waals surface area contributed by atoms with E-state index in [4.69, 9.17) is 4.74 Å². The van der Waals surface area contributed by atoms with Crippen molar-refractivity contribution in [3.63, 3.8) is 0 Å². The first-order valence-electron chi connectivity index (χ1n) is 7.50. The Morgan fingerprint density at radius 1 is 1.24 bits per heavy atom. The van der Waals surface area contributed by atoms with E-state index >= 15 is 0 Å². The van der Waals surface area contributed by atoms with Crippen LogP contribution in [0.5, 0.6) is 5.75 Å². The maximum absolute atomic E-state index is 12.8. The molecule has 3 aromatic rings. The van der Waals surface area contributed by atoms with Crippen LogP contribution in [0.25, 0.3) is 0 Å². The van der Waals surface area contributed by atoms with Crippen LogP contribution in [0.15, 0.2) is 54.2 Å². The molecular formula is C17H15FN4O2S. The van der Waals surface area contributed by atoms with Gasteiger partial charge in [0.15, 0.2) is 5.13 Å². The third kappa shape index (κ3) is 4.98. The molecule has 0 aliphatic heterocycles. The molecule has 0 saturated carbocycles. The second kappa shape index (κ2) is 8.20. The van der Waals surface area contributed by atoms with Crippen LogP contribution in [0, 0.1) is 5.82 Å². The summed E-state index contributed by atoms with van der Waals surface area (Å²) in [7, 11) is 0. The van der Waals surface area contributed by atoms with Gasteiger partial charge in [-0.15, -0.1) is 11.3 Å². The number of thiazole rings is 1. The van der Waals surface area contributed by atoms with E-state index in [2.05, 4.69) is 20.6 Å². The van der Waals surface area contributed by atoms with Crippen LogP contribution in [0.1, 0.15) is 10.5 Å². The zero-order chi connectivity index (χ0) is 17.5. The second-order valence-corrected chi connectivity index (χ2v) is 5.82. The summed E-state index contributed by atoms with van der Waals surface area (Å²) < 4.78 is 18.2. The number of carbonyl (C=O) groups excluding carboxylic acids is 1. The molecule has 8 heteroatoms. The Morgan fingerprint density at radius 2 is 2.08 bits per heavy atom. The summed E-state index contributed by atoms with van der Waals surface area (Å²) in [6.07, 6.45) is 3.36. The van der Waals surface area contributed by atoms with Crippen molar-refractivity contribution < 1.29 is 13.9 Å². The van der Waals surface area contributed by atoms with Gasteiger partial charge >= 0.3 is 0 Å². The molecule has 0 aliphatic rings. The summed E-state index contributed by atoms with van der Waals surface area (Å²) in [6, 6.07) is 9.38. The van der Waals surface area contributed by atoms with Gasteiger partial charge in [-0.2, -0.15) is 0 Å². The maximum Gasteiger partial charge on any atom is 0.270 e. The molecule has 6 nitrogen and oxygen atoms in total. The minimum Gasteiger partial charge on any atom is -0.492 e. The van der Waals surface area contributed by atoms with E-state index in [1.54, 1.807) is 17.8 Å². The smallest absolute Gasteiger partial charge is 0.270 e. The lowest BCUT2D eigenvalue weighted by Crippen LogP contribution is -2.28. The quantitative estimate of drug-likeness (QED) is 0.634. The highest BCUT2D eigenvalue weighted by Crippen LogP contribution is 2.20. The summed E-state index contributed by atoms with van der Waals surface area (Å²) in [6.45, 7) is 0.599. The van der Waals surface area contributed by atoms with Gasteiger partial charge < -0.3 is 15.4 Å². The lowest BCUT2D eigenvalue weighted by Gasteiger charge is -2.06. The average molecular weight is 358 g/mol. The lowest BCUT2D eigenvalue weighted by atomic mass is 10.3. The molecule has 3 rings (SSSR count). The van der Waals surface area contributed by atoms with Crippen molar-refractivity contribution in [1.29, 1.82) is 0 Å². The first kappa shape index (κ1) is 16.8. The minimum absolute atomic E-state index is 0.279. The molecule has 0 saturated heterocycles. The van der Waals surface area contributed by atoms with Crippen molar-refractivity contribution in [3.8, 4) is 5.75 Å². The van der Waals surface area contributed by atoms with Gasteiger partial charge in [0.1, 0.15) is 23.9 Å². The molecular weight excluding hydrogens is 343 g/mol. The summed E-state index contributed by atoms with van der Waals surface area (Å²) in [5.74, 6) is -0.0506. The largest absolute Gasteiger partial charge is 0.492 e. The van der Waals surface area contributed by atoms with Gasteiger partial charge in [0, 0.05) is 11.6 Å². The van der Waals surface area contributed by atoms with Crippen LogP contribution in [0.2, 0.25) is 0 Å². The minimum atomic E-state index is -0.320. The summed E-state index contributed by atoms with van der Waals surface area (Å²) >= 11 is 1.33. The highest BCUT2D eigenvalue weighted by Gasteiger charge is 2.10. The van der Waals surface area contributed by atoms with E-state index in [9.17, 15) is 9.18 Å². The molecule has 0 aliphatic carbocycles. The number of anilines is 2. The molecule has 0 bridgehead atoms. The molecule has 2 N–H and O–H groups in total. The van der Waals surface area contributed by atoms with Crippen LogP contribution in [0.3, 0.4) is 0 Å². The fourth-order valence-corrected chi connectivity index (χ4v) is 2.66. The predicted octanol–water partition coefficient (Wildman–Crippen LogP) is 3.23. The third-order valence-electron chi connectivity index (χ3n) is 3.12. The number of halogens is 1. The summed E-state index contributed by atoms with van der Waals surface area (Å²) in [4.78, 5) is 20.3. The Kier molecular flexibility index (Phi) is 5.53. The molecule has 1 aromatic carbocycles. The number of nitrogens with zero attached hydrogens (tertiary/aromatic N) is 2. The Morgan fingerprint density at radius 3 is 2.84 bits per heavy atom. The maximum atomic E-state index is 12.8. The number of carbonyl (C=O) groups is 1. The van der Waals surface area contributed by atoms with Gasteiger partial charge in [0.05, 0.1) is 18.4 Å². The van der Waals surface area contributed by atoms with E-state index in [1.165, 1.54) is 35.6 Å². The molecule has 25 heavy (non-hydrogen) atoms. The van der Waals surface area contributed by atoms with Crippen LogP contribution >= 0.6 is 11.3 Å². The Balaban J connectivity index is 1.44. The first-order valence-corrected chi connectivity index (χ1v) is 8.38. The van der Waals surface area contributed by atoms with Crippen molar-refractivity contribution in [2.75, 3.05) is 18.5 Å². The molecule has 0 fully saturated rings. The van der Waals surface area contributed by atoms with Gasteiger partial charge in [0.25, 0.3) is 5.91 Å². The van der Waals surface area contributed by atoms with Crippen molar-refractivity contribution in [2.24, 2.45) is 0 Å². The number of aromatic nitrogens is 2. The topological polar surface area (TPSA) is 76.1 Å². The Bertz CT molecular complexity index is 824. The number of benzene rings is 1. The van der Waals surface area contributed by atoms with Crippen molar-refractivity contribution in [2.45, 2.75) is 0 Å². The summed E-state index contributed by atoms with van der Waals surface area (Å²) in [5.41, 5.74) is 1.13. The summed E-state index contributed by atoms with van der Waals surface area (Å²) in [5, 5.41) is 8.09. The average Bonchev–Trinajstić information content (AvgIpc) is 3.09. The fraction of sp³-hybridized carbons (Fsp3) is 0.118. The van der Waals surface area contributed by atoms with Crippen LogP contribution in [-0.2, 0) is 0 Å². The van der Waals surface area contributed by atoms with E-state index in [-0.39, 0.29) is 18.3 Å². The molecule has 1 amide bonds. The molecule has 2 heterocycles. The van der Waals surface area contributed by atoms with Crippen molar-refractivity contribution in [3.05, 3.63) is 65.7 Å². The van der Waals surface area contributed by atoms with Gasteiger partial charge in [-0.25, -0.2) is 9.37 Å². The van der Waals surface area contributed by atoms with E-state index in [0.717, 1.165) is 5.69 Å². The lowest BCUT2D eigenvalue weighted by molar-refractivity contribution is 0.0943. The van der Waals surface area contributed by atoms with Crippen LogP contribution in [-0.4, -0.2) is 29.0 Å². The van der Waals surface area contributed by atoms with E-state index in [1.807, 2.05) is 12.1 Å². The van der Waals surface area contributed by atoms with Gasteiger partial charge in [-0.3, -0.25) is 9.78 Å². The second-order valence-electron chi connectivity index (χ2n) is 4.96. The van der Waals surface area contributed by atoms with E-state index in [0.29, 0.717) is 23.1 Å². The van der Waals surface area contributed by atoms with Gasteiger partial charge in [-0.1, -0.05) is 0 Å². The molecule has 0 unspecified atom stereocenters. The number of ether oxygens (including phenoxy) is 1. The first-order chi connectivity index (χ1) is 12.2. The highest BCUT2D eigenvalue weighted by molar-refractivity contribution is 7.14. The number of nitrogens with one attached hydrogen (secondary N) is 2. The van der Waals surface area contributed by atoms with Crippen molar-refractivity contribution >= 4 is 28.1 Å². The molecule has 0 atom stereocenters. The zero-order valence-electron chi connectivity index (χ0n) is 13.1. The molecule has 2 aromatic heterocycles. The van der Waals surface area contributed by atoms with Crippen molar-refractivity contribution in [1.82, 2.24) is 15.3 Å². The van der Waals surface area contributed by atoms with Gasteiger partial charge in [-0.05, 0) is 36.4 Å².